The number of para-hydroxylation sites is 1. The summed E-state index contributed by atoms with van der Waals surface area (Å²) < 4.78 is 16.6. The molecule has 5 heteroatoms. The van der Waals surface area contributed by atoms with Crippen LogP contribution in [-0.4, -0.2) is 24.3 Å². The largest absolute Gasteiger partial charge is 0.451 e. The first-order chi connectivity index (χ1) is 13.6. The highest BCUT2D eigenvalue weighted by molar-refractivity contribution is 5.82. The molecule has 28 heavy (non-hydrogen) atoms. The van der Waals surface area contributed by atoms with E-state index in [2.05, 4.69) is 20.1 Å². The van der Waals surface area contributed by atoms with E-state index >= 15 is 0 Å². The van der Waals surface area contributed by atoms with E-state index in [4.69, 9.17) is 14.2 Å². The minimum Gasteiger partial charge on any atom is -0.451 e. The fourth-order valence-electron chi connectivity index (χ4n) is 2.72. The van der Waals surface area contributed by atoms with Crippen LogP contribution in [0.2, 0.25) is 0 Å². The summed E-state index contributed by atoms with van der Waals surface area (Å²) in [6.07, 6.45) is 8.75. The molecule has 0 amide bonds. The molecule has 154 valence electrons. The van der Waals surface area contributed by atoms with Crippen molar-refractivity contribution >= 4 is 11.9 Å². The van der Waals surface area contributed by atoms with Crippen LogP contribution >= 0.6 is 0 Å². The predicted octanol–water partition coefficient (Wildman–Crippen LogP) is 5.36. The summed E-state index contributed by atoms with van der Waals surface area (Å²) >= 11 is 0. The molecule has 2 atom stereocenters. The van der Waals surface area contributed by atoms with Crippen LogP contribution in [0.4, 0.5) is 0 Å². The molecule has 1 aromatic rings. The third-order valence-corrected chi connectivity index (χ3v) is 4.22. The zero-order valence-corrected chi connectivity index (χ0v) is 16.8. The predicted molar refractivity (Wildman–Crippen MR) is 110 cm³/mol. The lowest BCUT2D eigenvalue weighted by atomic mass is 10.1. The van der Waals surface area contributed by atoms with Gasteiger partial charge < -0.3 is 14.2 Å². The molecular formula is C23H32O5. The van der Waals surface area contributed by atoms with Gasteiger partial charge in [0.15, 0.2) is 6.10 Å². The van der Waals surface area contributed by atoms with Crippen molar-refractivity contribution in [3.63, 3.8) is 0 Å². The third kappa shape index (κ3) is 9.95. The smallest absolute Gasteiger partial charge is 0.333 e. The normalized spacial score (nSPS) is 12.5. The van der Waals surface area contributed by atoms with Gasteiger partial charge in [0.25, 0.3) is 6.29 Å². The number of rotatable bonds is 15. The molecule has 0 radical (unpaired) electrons. The van der Waals surface area contributed by atoms with Gasteiger partial charge in [-0.25, -0.2) is 9.59 Å². The van der Waals surface area contributed by atoms with Gasteiger partial charge in [0.1, 0.15) is 5.75 Å². The first-order valence-corrected chi connectivity index (χ1v) is 9.98. The van der Waals surface area contributed by atoms with Crippen LogP contribution in [0.15, 0.2) is 55.6 Å². The minimum absolute atomic E-state index is 0.517. The fourth-order valence-corrected chi connectivity index (χ4v) is 2.72. The molecule has 1 rings (SSSR count). The quantitative estimate of drug-likeness (QED) is 0.175. The zero-order valence-electron chi connectivity index (χ0n) is 16.8. The number of hydrogen-bond acceptors (Lipinski definition) is 5. The van der Waals surface area contributed by atoms with Crippen molar-refractivity contribution in [1.29, 1.82) is 0 Å². The summed E-state index contributed by atoms with van der Waals surface area (Å²) in [5, 5.41) is 0. The summed E-state index contributed by atoms with van der Waals surface area (Å²) in [5.41, 5.74) is 0. The van der Waals surface area contributed by atoms with Crippen LogP contribution in [0.5, 0.6) is 5.75 Å². The number of carbonyl (C=O) groups is 2. The number of hydrogen-bond donors (Lipinski definition) is 0. The van der Waals surface area contributed by atoms with E-state index in [-0.39, 0.29) is 0 Å². The van der Waals surface area contributed by atoms with Gasteiger partial charge in [-0.1, -0.05) is 76.8 Å². The van der Waals surface area contributed by atoms with Crippen molar-refractivity contribution in [3.05, 3.63) is 55.6 Å². The van der Waals surface area contributed by atoms with E-state index in [9.17, 15) is 9.59 Å². The minimum atomic E-state index is -1.06. The number of carbonyl (C=O) groups excluding carboxylic acids is 2. The second-order valence-electron chi connectivity index (χ2n) is 6.53. The topological polar surface area (TPSA) is 61.8 Å². The van der Waals surface area contributed by atoms with E-state index in [1.54, 1.807) is 12.1 Å². The number of unbranched alkanes of at least 4 members (excludes halogenated alkanes) is 6. The lowest BCUT2D eigenvalue weighted by Crippen LogP contribution is -2.39. The Morgan fingerprint density at radius 3 is 2.07 bits per heavy atom. The number of ether oxygens (including phenoxy) is 3. The summed E-state index contributed by atoms with van der Waals surface area (Å²) in [4.78, 5) is 23.6. The van der Waals surface area contributed by atoms with Crippen LogP contribution < -0.4 is 4.74 Å². The van der Waals surface area contributed by atoms with Crippen molar-refractivity contribution in [2.75, 3.05) is 0 Å². The monoisotopic (exact) mass is 388 g/mol. The molecule has 2 unspecified atom stereocenters. The van der Waals surface area contributed by atoms with Gasteiger partial charge in [-0.05, 0) is 25.0 Å². The van der Waals surface area contributed by atoms with Crippen molar-refractivity contribution in [2.24, 2.45) is 0 Å². The van der Waals surface area contributed by atoms with Crippen LogP contribution in [0.3, 0.4) is 0 Å². The molecule has 0 heterocycles. The second-order valence-corrected chi connectivity index (χ2v) is 6.53. The molecule has 0 aliphatic rings. The van der Waals surface area contributed by atoms with E-state index in [0.717, 1.165) is 31.4 Å². The average molecular weight is 389 g/mol. The summed E-state index contributed by atoms with van der Waals surface area (Å²) in [5.74, 6) is -0.701. The molecule has 0 spiro atoms. The molecule has 0 aromatic heterocycles. The molecule has 0 aliphatic heterocycles. The third-order valence-electron chi connectivity index (χ3n) is 4.22. The van der Waals surface area contributed by atoms with Crippen molar-refractivity contribution in [2.45, 2.75) is 70.7 Å². The van der Waals surface area contributed by atoms with Crippen molar-refractivity contribution < 1.29 is 23.8 Å². The summed E-state index contributed by atoms with van der Waals surface area (Å²) in [6.45, 7) is 9.04. The molecule has 0 fully saturated rings. The maximum atomic E-state index is 11.8. The Balaban J connectivity index is 2.74. The molecule has 5 nitrogen and oxygen atoms in total. The lowest BCUT2D eigenvalue weighted by Gasteiger charge is -2.26. The highest BCUT2D eigenvalue weighted by Crippen LogP contribution is 2.20. The van der Waals surface area contributed by atoms with Crippen molar-refractivity contribution in [1.82, 2.24) is 0 Å². The molecule has 0 saturated heterocycles. The fraction of sp³-hybridized carbons (Fsp3) is 0.478. The molecule has 0 bridgehead atoms. The molecule has 0 N–H and O–H groups in total. The van der Waals surface area contributed by atoms with Crippen LogP contribution in [-0.2, 0) is 19.1 Å². The van der Waals surface area contributed by atoms with Gasteiger partial charge in [-0.3, -0.25) is 0 Å². The van der Waals surface area contributed by atoms with Gasteiger partial charge in [-0.2, -0.15) is 0 Å². The average Bonchev–Trinajstić information content (AvgIpc) is 2.72. The van der Waals surface area contributed by atoms with Gasteiger partial charge >= 0.3 is 11.9 Å². The number of benzene rings is 1. The Labute approximate surface area is 168 Å². The lowest BCUT2D eigenvalue weighted by molar-refractivity contribution is -0.187. The highest BCUT2D eigenvalue weighted by atomic mass is 16.7. The van der Waals surface area contributed by atoms with Gasteiger partial charge in [0.05, 0.1) is 0 Å². The molecule has 1 aromatic carbocycles. The Bertz CT molecular complexity index is 596. The Hall–Kier alpha value is -2.56. The van der Waals surface area contributed by atoms with Gasteiger partial charge in [0.2, 0.25) is 0 Å². The maximum Gasteiger partial charge on any atom is 0.333 e. The van der Waals surface area contributed by atoms with Crippen LogP contribution in [0.25, 0.3) is 0 Å². The molecule has 0 saturated carbocycles. The molecule has 0 aliphatic carbocycles. The Kier molecular flexibility index (Phi) is 12.2. The van der Waals surface area contributed by atoms with E-state index in [1.807, 2.05) is 18.2 Å². The first kappa shape index (κ1) is 23.5. The summed E-state index contributed by atoms with van der Waals surface area (Å²) in [7, 11) is 0. The Morgan fingerprint density at radius 2 is 1.46 bits per heavy atom. The van der Waals surface area contributed by atoms with Crippen LogP contribution in [0, 0.1) is 0 Å². The SMILES string of the molecule is C=CC(=O)OC(CCCCCCCCC)C(OC(=O)C=C)Oc1ccccc1. The van der Waals surface area contributed by atoms with Crippen LogP contribution in [0.1, 0.15) is 58.3 Å². The zero-order chi connectivity index (χ0) is 20.6. The van der Waals surface area contributed by atoms with Gasteiger partial charge in [-0.15, -0.1) is 0 Å². The van der Waals surface area contributed by atoms with E-state index in [0.29, 0.717) is 12.2 Å². The summed E-state index contributed by atoms with van der Waals surface area (Å²) in [6, 6.07) is 8.96. The first-order valence-electron chi connectivity index (χ1n) is 9.98. The van der Waals surface area contributed by atoms with E-state index in [1.165, 1.54) is 25.7 Å². The standard InChI is InChI=1S/C23H32O5/c1-4-7-8-9-10-11-15-18-20(27-21(24)5-2)23(28-22(25)6-3)26-19-16-13-12-14-17-19/h5-6,12-14,16-17,20,23H,2-4,7-11,15,18H2,1H3. The highest BCUT2D eigenvalue weighted by Gasteiger charge is 2.29. The van der Waals surface area contributed by atoms with Crippen molar-refractivity contribution in [3.8, 4) is 5.75 Å². The maximum absolute atomic E-state index is 11.8. The number of esters is 2. The second kappa shape index (κ2) is 14.5. The molecular weight excluding hydrogens is 356 g/mol. The van der Waals surface area contributed by atoms with Gasteiger partial charge in [0, 0.05) is 12.2 Å². The van der Waals surface area contributed by atoms with E-state index < -0.39 is 24.3 Å². The Morgan fingerprint density at radius 1 is 0.893 bits per heavy atom.